The first kappa shape index (κ1) is 15.7. The maximum absolute atomic E-state index is 9.32. The van der Waals surface area contributed by atoms with Gasteiger partial charge in [-0.3, -0.25) is 0 Å². The molecule has 0 aliphatic rings. The maximum atomic E-state index is 9.32. The molecule has 0 bridgehead atoms. The SMILES string of the molecule is C[Si](C)(C)CCOCn1ncc2cc(Br)c(CO)cc21. The Morgan fingerprint density at radius 1 is 1.35 bits per heavy atom. The molecule has 0 radical (unpaired) electrons. The number of ether oxygens (including phenoxy) is 1. The Balaban J connectivity index is 2.07. The number of aromatic nitrogens is 2. The molecule has 4 nitrogen and oxygen atoms in total. The topological polar surface area (TPSA) is 47.3 Å². The van der Waals surface area contributed by atoms with Crippen molar-refractivity contribution in [2.75, 3.05) is 6.61 Å². The van der Waals surface area contributed by atoms with Crippen molar-refractivity contribution < 1.29 is 9.84 Å². The van der Waals surface area contributed by atoms with Crippen molar-refractivity contribution in [3.8, 4) is 0 Å². The smallest absolute Gasteiger partial charge is 0.139 e. The minimum atomic E-state index is -1.05. The summed E-state index contributed by atoms with van der Waals surface area (Å²) in [6, 6.07) is 5.08. The second-order valence-electron chi connectivity index (χ2n) is 6.15. The number of benzene rings is 1. The predicted octanol–water partition coefficient (Wildman–Crippen LogP) is 3.60. The Bertz CT molecular complexity index is 593. The molecule has 0 unspecified atom stereocenters. The molecule has 1 aromatic heterocycles. The van der Waals surface area contributed by atoms with Crippen LogP contribution >= 0.6 is 15.9 Å². The third kappa shape index (κ3) is 3.91. The van der Waals surface area contributed by atoms with E-state index >= 15 is 0 Å². The Hall–Kier alpha value is -0.693. The fourth-order valence-electron chi connectivity index (χ4n) is 1.89. The fraction of sp³-hybridized carbons (Fsp3) is 0.500. The molecule has 0 saturated carbocycles. The van der Waals surface area contributed by atoms with E-state index in [4.69, 9.17) is 4.74 Å². The molecule has 0 fully saturated rings. The van der Waals surface area contributed by atoms with Crippen molar-refractivity contribution in [1.29, 1.82) is 0 Å². The lowest BCUT2D eigenvalue weighted by Crippen LogP contribution is -2.22. The van der Waals surface area contributed by atoms with Crippen LogP contribution in [0.2, 0.25) is 25.7 Å². The van der Waals surface area contributed by atoms with Gasteiger partial charge in [0.05, 0.1) is 18.3 Å². The first-order valence-corrected chi connectivity index (χ1v) is 11.2. The zero-order valence-electron chi connectivity index (χ0n) is 12.2. The molecule has 0 aliphatic carbocycles. The Kier molecular flexibility index (Phi) is 5.01. The second-order valence-corrected chi connectivity index (χ2v) is 12.6. The van der Waals surface area contributed by atoms with Gasteiger partial charge >= 0.3 is 0 Å². The number of aliphatic hydroxyl groups excluding tert-OH is 1. The third-order valence-electron chi connectivity index (χ3n) is 3.19. The highest BCUT2D eigenvalue weighted by molar-refractivity contribution is 9.10. The molecule has 0 spiro atoms. The first-order valence-electron chi connectivity index (χ1n) is 6.73. The number of halogens is 1. The van der Waals surface area contributed by atoms with E-state index in [0.29, 0.717) is 6.73 Å². The summed E-state index contributed by atoms with van der Waals surface area (Å²) in [6.45, 7) is 8.26. The lowest BCUT2D eigenvalue weighted by Gasteiger charge is -2.15. The van der Waals surface area contributed by atoms with Crippen LogP contribution in [0.4, 0.5) is 0 Å². The molecule has 2 rings (SSSR count). The van der Waals surface area contributed by atoms with E-state index < -0.39 is 8.07 Å². The Labute approximate surface area is 128 Å². The van der Waals surface area contributed by atoms with Crippen LogP contribution in [0.1, 0.15) is 5.56 Å². The Morgan fingerprint density at radius 3 is 2.75 bits per heavy atom. The van der Waals surface area contributed by atoms with Crippen LogP contribution in [0, 0.1) is 0 Å². The molecule has 110 valence electrons. The van der Waals surface area contributed by atoms with Crippen molar-refractivity contribution in [2.45, 2.75) is 39.0 Å². The summed E-state index contributed by atoms with van der Waals surface area (Å²) >= 11 is 3.45. The molecule has 1 aromatic carbocycles. The van der Waals surface area contributed by atoms with Crippen LogP contribution in [-0.2, 0) is 18.1 Å². The van der Waals surface area contributed by atoms with E-state index in [0.717, 1.165) is 33.6 Å². The molecule has 0 saturated heterocycles. The van der Waals surface area contributed by atoms with Gasteiger partial charge in [0.1, 0.15) is 6.73 Å². The third-order valence-corrected chi connectivity index (χ3v) is 5.63. The summed E-state index contributed by atoms with van der Waals surface area (Å²) < 4.78 is 8.47. The zero-order chi connectivity index (χ0) is 14.8. The molecule has 1 N–H and O–H groups in total. The van der Waals surface area contributed by atoms with Crippen LogP contribution in [-0.4, -0.2) is 29.6 Å². The van der Waals surface area contributed by atoms with Crippen LogP contribution < -0.4 is 0 Å². The molecule has 2 aromatic rings. The minimum Gasteiger partial charge on any atom is -0.392 e. The van der Waals surface area contributed by atoms with E-state index in [9.17, 15) is 5.11 Å². The number of nitrogens with zero attached hydrogens (tertiary/aromatic N) is 2. The van der Waals surface area contributed by atoms with Crippen molar-refractivity contribution in [1.82, 2.24) is 9.78 Å². The van der Waals surface area contributed by atoms with Gasteiger partial charge in [-0.05, 0) is 23.7 Å². The number of rotatable bonds is 6. The maximum Gasteiger partial charge on any atom is 0.139 e. The molecular formula is C14H21BrN2O2Si. The summed E-state index contributed by atoms with van der Waals surface area (Å²) in [4.78, 5) is 0. The molecule has 1 heterocycles. The summed E-state index contributed by atoms with van der Waals surface area (Å²) in [5, 5.41) is 14.7. The number of fused-ring (bicyclic) bond motifs is 1. The van der Waals surface area contributed by atoms with Crippen LogP contribution in [0.5, 0.6) is 0 Å². The van der Waals surface area contributed by atoms with Gasteiger partial charge in [-0.2, -0.15) is 5.10 Å². The molecule has 0 aliphatic heterocycles. The summed E-state index contributed by atoms with van der Waals surface area (Å²) in [6.07, 6.45) is 1.82. The van der Waals surface area contributed by atoms with Crippen molar-refractivity contribution in [2.24, 2.45) is 0 Å². The van der Waals surface area contributed by atoms with E-state index in [1.54, 1.807) is 0 Å². The molecule has 0 atom stereocenters. The van der Waals surface area contributed by atoms with Gasteiger partial charge in [-0.15, -0.1) is 0 Å². The highest BCUT2D eigenvalue weighted by Crippen LogP contribution is 2.24. The first-order chi connectivity index (χ1) is 9.40. The van der Waals surface area contributed by atoms with E-state index in [1.165, 1.54) is 0 Å². The zero-order valence-corrected chi connectivity index (χ0v) is 14.8. The number of aliphatic hydroxyl groups is 1. The summed E-state index contributed by atoms with van der Waals surface area (Å²) in [5.41, 5.74) is 1.85. The lowest BCUT2D eigenvalue weighted by molar-refractivity contribution is 0.0817. The van der Waals surface area contributed by atoms with Crippen LogP contribution in [0.15, 0.2) is 22.8 Å². The van der Waals surface area contributed by atoms with Crippen LogP contribution in [0.3, 0.4) is 0 Å². The molecule has 6 heteroatoms. The molecule has 20 heavy (non-hydrogen) atoms. The number of hydrogen-bond acceptors (Lipinski definition) is 3. The normalized spacial score (nSPS) is 12.2. The second kappa shape index (κ2) is 6.38. The molecule has 0 amide bonds. The fourth-order valence-corrected chi connectivity index (χ4v) is 3.14. The van der Waals surface area contributed by atoms with Gasteiger partial charge in [0, 0.05) is 24.5 Å². The minimum absolute atomic E-state index is 0.0121. The highest BCUT2D eigenvalue weighted by atomic mass is 79.9. The van der Waals surface area contributed by atoms with Crippen LogP contribution in [0.25, 0.3) is 10.9 Å². The van der Waals surface area contributed by atoms with Gasteiger partial charge in [0.2, 0.25) is 0 Å². The summed E-state index contributed by atoms with van der Waals surface area (Å²) in [5.74, 6) is 0. The van der Waals surface area contributed by atoms with Gasteiger partial charge in [0.25, 0.3) is 0 Å². The standard InChI is InChI=1S/C14H21BrN2O2Si/c1-20(2,3)5-4-19-10-17-14-7-12(9-18)13(15)6-11(14)8-16-17/h6-8,18H,4-5,9-10H2,1-3H3. The van der Waals surface area contributed by atoms with E-state index in [1.807, 2.05) is 23.0 Å². The lowest BCUT2D eigenvalue weighted by atomic mass is 10.2. The predicted molar refractivity (Wildman–Crippen MR) is 87.5 cm³/mol. The molecular weight excluding hydrogens is 336 g/mol. The van der Waals surface area contributed by atoms with Crippen molar-refractivity contribution in [3.05, 3.63) is 28.4 Å². The van der Waals surface area contributed by atoms with Gasteiger partial charge in [-0.1, -0.05) is 35.6 Å². The monoisotopic (exact) mass is 356 g/mol. The highest BCUT2D eigenvalue weighted by Gasteiger charge is 2.12. The van der Waals surface area contributed by atoms with Crippen molar-refractivity contribution in [3.63, 3.8) is 0 Å². The average Bonchev–Trinajstić information content (AvgIpc) is 2.74. The van der Waals surface area contributed by atoms with Gasteiger partial charge in [0.15, 0.2) is 0 Å². The van der Waals surface area contributed by atoms with Crippen molar-refractivity contribution >= 4 is 34.9 Å². The van der Waals surface area contributed by atoms with Gasteiger partial charge in [-0.25, -0.2) is 4.68 Å². The van der Waals surface area contributed by atoms with Gasteiger partial charge < -0.3 is 9.84 Å². The average molecular weight is 357 g/mol. The van der Waals surface area contributed by atoms with E-state index in [-0.39, 0.29) is 6.61 Å². The largest absolute Gasteiger partial charge is 0.392 e. The quantitative estimate of drug-likeness (QED) is 0.635. The summed E-state index contributed by atoms with van der Waals surface area (Å²) in [7, 11) is -1.05. The van der Waals surface area contributed by atoms with E-state index in [2.05, 4.69) is 40.7 Å². The number of hydrogen-bond donors (Lipinski definition) is 1. The Morgan fingerprint density at radius 2 is 2.10 bits per heavy atom.